The van der Waals surface area contributed by atoms with E-state index in [4.69, 9.17) is 0 Å². The molecule has 1 amide bonds. The number of likely N-dealkylation sites (tertiary alicyclic amines) is 1. The molecule has 0 radical (unpaired) electrons. The molecule has 0 aromatic rings. The number of hydrogen-bond acceptors (Lipinski definition) is 3. The third-order valence-corrected chi connectivity index (χ3v) is 4.64. The smallest absolute Gasteiger partial charge is 0.227 e. The third-order valence-electron chi connectivity index (χ3n) is 4.64. The molecule has 4 nitrogen and oxygen atoms in total. The van der Waals surface area contributed by atoms with E-state index in [2.05, 4.69) is 6.92 Å². The van der Waals surface area contributed by atoms with E-state index >= 15 is 0 Å². The molecule has 1 saturated heterocycles. The lowest BCUT2D eigenvalue weighted by Gasteiger charge is -2.43. The van der Waals surface area contributed by atoms with Gasteiger partial charge >= 0.3 is 0 Å². The minimum atomic E-state index is -0.526. The molecular formula is C14H30N2O2. The molecule has 0 aromatic carbocycles. The number of amides is 1. The van der Waals surface area contributed by atoms with Gasteiger partial charge in [0.05, 0.1) is 5.60 Å². The van der Waals surface area contributed by atoms with Crippen molar-refractivity contribution >= 4 is 5.91 Å². The predicted octanol–water partition coefficient (Wildman–Crippen LogP) is 2.59. The molecule has 1 aliphatic heterocycles. The fourth-order valence-corrected chi connectivity index (χ4v) is 2.81. The Balaban J connectivity index is 0.00000162. The van der Waals surface area contributed by atoms with Crippen molar-refractivity contribution in [2.75, 3.05) is 13.1 Å². The van der Waals surface area contributed by atoms with Crippen molar-refractivity contribution < 1.29 is 11.3 Å². The summed E-state index contributed by atoms with van der Waals surface area (Å²) in [5.41, 5.74) is -0.704. The van der Waals surface area contributed by atoms with Crippen molar-refractivity contribution in [1.82, 2.24) is 11.1 Å². The molecule has 0 aromatic heterocycles. The number of aliphatic hydroxyl groups is 1. The fourth-order valence-electron chi connectivity index (χ4n) is 2.81. The normalized spacial score (nSPS) is 25.3. The van der Waals surface area contributed by atoms with Crippen molar-refractivity contribution in [3.8, 4) is 0 Å². The number of nitrogens with zero attached hydrogens (tertiary/aromatic N) is 1. The topological polar surface area (TPSA) is 75.5 Å². The van der Waals surface area contributed by atoms with E-state index in [1.165, 1.54) is 0 Å². The van der Waals surface area contributed by atoms with Gasteiger partial charge in [-0.1, -0.05) is 27.7 Å². The van der Waals surface area contributed by atoms with E-state index in [0.29, 0.717) is 13.1 Å². The number of carbonyl (C=O) groups is 1. The minimum absolute atomic E-state index is 0. The molecular weight excluding hydrogens is 228 g/mol. The van der Waals surface area contributed by atoms with E-state index < -0.39 is 5.60 Å². The molecule has 2 fully saturated rings. The fraction of sp³-hybridized carbons (Fsp3) is 0.929. The summed E-state index contributed by atoms with van der Waals surface area (Å²) >= 11 is 0. The van der Waals surface area contributed by atoms with Crippen LogP contribution in [0.15, 0.2) is 0 Å². The number of hydrogen-bond donors (Lipinski definition) is 2. The van der Waals surface area contributed by atoms with Crippen LogP contribution >= 0.6 is 0 Å². The standard InChI is InChI=1S/C14H25NO2.H3N.H2/c1-12(2,3)11(16)15-9-7-14(17,8-10-15)13(4)5-6-13;;/h17H,5-10H2,1-4H3;1H3;1H. The van der Waals surface area contributed by atoms with E-state index in [1.807, 2.05) is 25.7 Å². The predicted molar refractivity (Wildman–Crippen MR) is 74.7 cm³/mol. The molecule has 1 heterocycles. The van der Waals surface area contributed by atoms with Gasteiger partial charge in [-0.2, -0.15) is 0 Å². The van der Waals surface area contributed by atoms with Gasteiger partial charge in [0.25, 0.3) is 0 Å². The van der Waals surface area contributed by atoms with Gasteiger partial charge in [-0.15, -0.1) is 0 Å². The molecule has 4 N–H and O–H groups in total. The SMILES string of the molecule is CC(C)(C)C(=O)N1CCC(O)(C2(C)CC2)CC1.N.[HH]. The first-order chi connectivity index (χ1) is 7.68. The van der Waals surface area contributed by atoms with Crippen LogP contribution in [-0.4, -0.2) is 34.6 Å². The van der Waals surface area contributed by atoms with Crippen LogP contribution in [0.1, 0.15) is 54.8 Å². The maximum absolute atomic E-state index is 12.1. The van der Waals surface area contributed by atoms with Gasteiger partial charge in [-0.3, -0.25) is 4.79 Å². The molecule has 0 atom stereocenters. The average Bonchev–Trinajstić information content (AvgIpc) is 2.97. The Kier molecular flexibility index (Phi) is 3.86. The first-order valence-electron chi connectivity index (χ1n) is 6.70. The first-order valence-corrected chi connectivity index (χ1v) is 6.70. The Hall–Kier alpha value is -0.610. The highest BCUT2D eigenvalue weighted by atomic mass is 16.3. The largest absolute Gasteiger partial charge is 0.389 e. The van der Waals surface area contributed by atoms with Gasteiger partial charge in [0, 0.05) is 19.9 Å². The Morgan fingerprint density at radius 2 is 1.61 bits per heavy atom. The van der Waals surface area contributed by atoms with Crippen molar-refractivity contribution in [3.05, 3.63) is 0 Å². The monoisotopic (exact) mass is 258 g/mol. The first kappa shape index (κ1) is 15.4. The molecule has 2 rings (SSSR count). The highest BCUT2D eigenvalue weighted by Crippen LogP contribution is 2.57. The summed E-state index contributed by atoms with van der Waals surface area (Å²) < 4.78 is 0. The molecule has 108 valence electrons. The number of rotatable bonds is 1. The quantitative estimate of drug-likeness (QED) is 0.759. The van der Waals surface area contributed by atoms with Gasteiger partial charge < -0.3 is 16.2 Å². The number of piperidine rings is 1. The van der Waals surface area contributed by atoms with Crippen LogP contribution < -0.4 is 6.15 Å². The second-order valence-corrected chi connectivity index (χ2v) is 7.13. The van der Waals surface area contributed by atoms with E-state index in [1.54, 1.807) is 0 Å². The number of carbonyl (C=O) groups excluding carboxylic acids is 1. The highest BCUT2D eigenvalue weighted by Gasteiger charge is 2.55. The van der Waals surface area contributed by atoms with Crippen molar-refractivity contribution in [1.29, 1.82) is 0 Å². The summed E-state index contributed by atoms with van der Waals surface area (Å²) in [6, 6.07) is 0. The summed E-state index contributed by atoms with van der Waals surface area (Å²) in [6.45, 7) is 9.47. The summed E-state index contributed by atoms with van der Waals surface area (Å²) in [5.74, 6) is 0.209. The van der Waals surface area contributed by atoms with Gasteiger partial charge in [-0.25, -0.2) is 0 Å². The Morgan fingerprint density at radius 3 is 1.94 bits per heavy atom. The van der Waals surface area contributed by atoms with Gasteiger partial charge in [0.2, 0.25) is 5.91 Å². The summed E-state index contributed by atoms with van der Waals surface area (Å²) in [5, 5.41) is 10.6. The molecule has 4 heteroatoms. The maximum atomic E-state index is 12.1. The van der Waals surface area contributed by atoms with Crippen LogP contribution in [0.25, 0.3) is 0 Å². The van der Waals surface area contributed by atoms with E-state index in [9.17, 15) is 9.90 Å². The van der Waals surface area contributed by atoms with Crippen LogP contribution in [0.3, 0.4) is 0 Å². The van der Waals surface area contributed by atoms with Gasteiger partial charge in [0.1, 0.15) is 0 Å². The molecule has 2 aliphatic rings. The average molecular weight is 258 g/mol. The maximum Gasteiger partial charge on any atom is 0.227 e. The van der Waals surface area contributed by atoms with Crippen LogP contribution in [0.5, 0.6) is 0 Å². The van der Waals surface area contributed by atoms with Crippen molar-refractivity contribution in [2.24, 2.45) is 10.8 Å². The lowest BCUT2D eigenvalue weighted by atomic mass is 9.77. The second-order valence-electron chi connectivity index (χ2n) is 7.13. The molecule has 0 bridgehead atoms. The lowest BCUT2D eigenvalue weighted by molar-refractivity contribution is -0.146. The summed E-state index contributed by atoms with van der Waals surface area (Å²) in [4.78, 5) is 14.1. The molecule has 1 aliphatic carbocycles. The molecule has 0 spiro atoms. The molecule has 0 unspecified atom stereocenters. The minimum Gasteiger partial charge on any atom is -0.389 e. The molecule has 1 saturated carbocycles. The van der Waals surface area contributed by atoms with E-state index in [-0.39, 0.29) is 24.3 Å². The zero-order chi connectivity index (χ0) is 12.9. The lowest BCUT2D eigenvalue weighted by Crippen LogP contribution is -2.52. The van der Waals surface area contributed by atoms with Gasteiger partial charge in [0.15, 0.2) is 0 Å². The van der Waals surface area contributed by atoms with Crippen molar-refractivity contribution in [3.63, 3.8) is 0 Å². The summed E-state index contributed by atoms with van der Waals surface area (Å²) in [6.07, 6.45) is 3.75. The Bertz CT molecular complexity index is 327. The van der Waals surface area contributed by atoms with Crippen LogP contribution in [0.4, 0.5) is 0 Å². The van der Waals surface area contributed by atoms with Crippen LogP contribution in [-0.2, 0) is 4.79 Å². The zero-order valence-electron chi connectivity index (χ0n) is 12.3. The van der Waals surface area contributed by atoms with Crippen LogP contribution in [0, 0.1) is 10.8 Å². The zero-order valence-corrected chi connectivity index (χ0v) is 12.3. The highest BCUT2D eigenvalue weighted by molar-refractivity contribution is 5.81. The Morgan fingerprint density at radius 1 is 1.17 bits per heavy atom. The van der Waals surface area contributed by atoms with Crippen LogP contribution in [0.2, 0.25) is 0 Å². The third kappa shape index (κ3) is 2.54. The molecule has 18 heavy (non-hydrogen) atoms. The van der Waals surface area contributed by atoms with Gasteiger partial charge in [-0.05, 0) is 31.1 Å². The van der Waals surface area contributed by atoms with Crippen molar-refractivity contribution in [2.45, 2.75) is 59.0 Å². The Labute approximate surface area is 112 Å². The summed E-state index contributed by atoms with van der Waals surface area (Å²) in [7, 11) is 0. The second kappa shape index (κ2) is 4.49. The van der Waals surface area contributed by atoms with E-state index in [0.717, 1.165) is 25.7 Å².